The highest BCUT2D eigenvalue weighted by Crippen LogP contribution is 2.33. The van der Waals surface area contributed by atoms with Crippen molar-refractivity contribution in [2.45, 2.75) is 38.3 Å². The number of fused-ring (bicyclic) bond motifs is 1. The van der Waals surface area contributed by atoms with Crippen LogP contribution in [0.5, 0.6) is 0 Å². The molecule has 5 nitrogen and oxygen atoms in total. The average molecular weight is 309 g/mol. The van der Waals surface area contributed by atoms with Gasteiger partial charge < -0.3 is 10.2 Å². The molecule has 114 valence electrons. The van der Waals surface area contributed by atoms with E-state index in [2.05, 4.69) is 15.3 Å². The van der Waals surface area contributed by atoms with E-state index in [1.807, 2.05) is 0 Å². The lowest BCUT2D eigenvalue weighted by Crippen LogP contribution is -2.40. The summed E-state index contributed by atoms with van der Waals surface area (Å²) in [5, 5.41) is 8.16. The molecule has 3 heterocycles. The first-order chi connectivity index (χ1) is 10.2. The van der Waals surface area contributed by atoms with Gasteiger partial charge in [-0.25, -0.2) is 4.68 Å². The van der Waals surface area contributed by atoms with Crippen molar-refractivity contribution >= 4 is 17.3 Å². The van der Waals surface area contributed by atoms with Crippen molar-refractivity contribution in [1.29, 1.82) is 0 Å². The Kier molecular flexibility index (Phi) is 3.42. The largest absolute Gasteiger partial charge is 0.361 e. The Hall–Kier alpha value is -1.07. The van der Waals surface area contributed by atoms with Crippen LogP contribution in [0.4, 0.5) is 5.69 Å². The first-order valence-electron chi connectivity index (χ1n) is 7.97. The predicted octanol–water partition coefficient (Wildman–Crippen LogP) is 1.49. The number of anilines is 1. The Labute approximate surface area is 129 Å². The standard InChI is InChI=1S/C15H21ClN4O/c16-12-7-18-20(9-10-2-1-3-10)15(21)14(12)19-5-4-11-6-17-8-13(11)19/h7,10-11,13,17H,1-6,8-9H2/t11-,13+/m0/s1. The third-order valence-electron chi connectivity index (χ3n) is 5.36. The number of rotatable bonds is 3. The van der Waals surface area contributed by atoms with Gasteiger partial charge in [-0.15, -0.1) is 0 Å². The van der Waals surface area contributed by atoms with Gasteiger partial charge in [0.25, 0.3) is 5.56 Å². The van der Waals surface area contributed by atoms with Crippen LogP contribution >= 0.6 is 11.6 Å². The Morgan fingerprint density at radius 1 is 1.33 bits per heavy atom. The number of hydrogen-bond donors (Lipinski definition) is 1. The Balaban J connectivity index is 1.67. The van der Waals surface area contributed by atoms with E-state index in [1.54, 1.807) is 10.9 Å². The summed E-state index contributed by atoms with van der Waals surface area (Å²) in [6.07, 6.45) is 6.49. The lowest BCUT2D eigenvalue weighted by molar-refractivity contribution is 0.261. The summed E-state index contributed by atoms with van der Waals surface area (Å²) in [6, 6.07) is 0.412. The minimum absolute atomic E-state index is 0.0121. The monoisotopic (exact) mass is 308 g/mol. The zero-order chi connectivity index (χ0) is 14.4. The van der Waals surface area contributed by atoms with Gasteiger partial charge in [0.1, 0.15) is 5.69 Å². The summed E-state index contributed by atoms with van der Waals surface area (Å²) in [5.74, 6) is 1.26. The van der Waals surface area contributed by atoms with Gasteiger partial charge in [0.2, 0.25) is 0 Å². The summed E-state index contributed by atoms with van der Waals surface area (Å²) in [4.78, 5) is 15.0. The van der Waals surface area contributed by atoms with Crippen LogP contribution in [0.2, 0.25) is 5.02 Å². The molecular weight excluding hydrogens is 288 g/mol. The molecule has 1 aromatic rings. The first kappa shape index (κ1) is 13.6. The molecule has 0 aromatic carbocycles. The molecule has 0 bridgehead atoms. The van der Waals surface area contributed by atoms with E-state index >= 15 is 0 Å². The van der Waals surface area contributed by atoms with Crippen LogP contribution in [-0.4, -0.2) is 35.5 Å². The fourth-order valence-electron chi connectivity index (χ4n) is 3.90. The maximum atomic E-state index is 12.8. The molecule has 1 aliphatic carbocycles. The average Bonchev–Trinajstić information content (AvgIpc) is 3.00. The molecule has 1 saturated carbocycles. The van der Waals surface area contributed by atoms with Crippen molar-refractivity contribution < 1.29 is 0 Å². The summed E-state index contributed by atoms with van der Waals surface area (Å²) >= 11 is 6.32. The normalized spacial score (nSPS) is 28.7. The molecule has 0 unspecified atom stereocenters. The van der Waals surface area contributed by atoms with Crippen LogP contribution in [0, 0.1) is 11.8 Å². The molecule has 1 N–H and O–H groups in total. The molecule has 0 amide bonds. The molecule has 0 spiro atoms. The number of aromatic nitrogens is 2. The Morgan fingerprint density at radius 3 is 2.95 bits per heavy atom. The molecule has 2 aliphatic heterocycles. The molecule has 2 saturated heterocycles. The van der Waals surface area contributed by atoms with Gasteiger partial charge in [0.15, 0.2) is 0 Å². The number of nitrogens with zero attached hydrogens (tertiary/aromatic N) is 3. The van der Waals surface area contributed by atoms with Gasteiger partial charge in [-0.1, -0.05) is 18.0 Å². The van der Waals surface area contributed by atoms with E-state index < -0.39 is 0 Å². The van der Waals surface area contributed by atoms with Crippen molar-refractivity contribution in [2.75, 3.05) is 24.5 Å². The molecule has 21 heavy (non-hydrogen) atoms. The maximum Gasteiger partial charge on any atom is 0.291 e. The van der Waals surface area contributed by atoms with Gasteiger partial charge in [0.05, 0.1) is 11.2 Å². The molecule has 1 aromatic heterocycles. The van der Waals surface area contributed by atoms with E-state index in [4.69, 9.17) is 11.6 Å². The zero-order valence-electron chi connectivity index (χ0n) is 12.1. The van der Waals surface area contributed by atoms with E-state index in [0.717, 1.165) is 32.6 Å². The van der Waals surface area contributed by atoms with E-state index in [-0.39, 0.29) is 5.56 Å². The fourth-order valence-corrected chi connectivity index (χ4v) is 4.13. The molecule has 4 rings (SSSR count). The van der Waals surface area contributed by atoms with Crippen LogP contribution < -0.4 is 15.8 Å². The smallest absolute Gasteiger partial charge is 0.291 e. The van der Waals surface area contributed by atoms with Gasteiger partial charge in [-0.2, -0.15) is 5.10 Å². The van der Waals surface area contributed by atoms with Crippen LogP contribution in [0.25, 0.3) is 0 Å². The summed E-state index contributed by atoms with van der Waals surface area (Å²) in [6.45, 7) is 3.67. The summed E-state index contributed by atoms with van der Waals surface area (Å²) in [5.41, 5.74) is 0.657. The van der Waals surface area contributed by atoms with Gasteiger partial charge in [-0.3, -0.25) is 4.79 Å². The second kappa shape index (κ2) is 5.29. The van der Waals surface area contributed by atoms with E-state index in [9.17, 15) is 4.79 Å². The van der Waals surface area contributed by atoms with Crippen LogP contribution in [-0.2, 0) is 6.54 Å². The summed E-state index contributed by atoms with van der Waals surface area (Å²) < 4.78 is 1.63. The van der Waals surface area contributed by atoms with Crippen molar-refractivity contribution in [3.05, 3.63) is 21.6 Å². The van der Waals surface area contributed by atoms with Crippen molar-refractivity contribution in [3.8, 4) is 0 Å². The van der Waals surface area contributed by atoms with Gasteiger partial charge in [0, 0.05) is 32.2 Å². The summed E-state index contributed by atoms with van der Waals surface area (Å²) in [7, 11) is 0. The minimum atomic E-state index is -0.0121. The zero-order valence-corrected chi connectivity index (χ0v) is 12.9. The van der Waals surface area contributed by atoms with Crippen LogP contribution in [0.3, 0.4) is 0 Å². The molecule has 3 aliphatic rings. The highest BCUT2D eigenvalue weighted by Gasteiger charge is 2.39. The topological polar surface area (TPSA) is 50.2 Å². The Morgan fingerprint density at radius 2 is 2.19 bits per heavy atom. The minimum Gasteiger partial charge on any atom is -0.361 e. The van der Waals surface area contributed by atoms with Crippen molar-refractivity contribution in [1.82, 2.24) is 15.1 Å². The highest BCUT2D eigenvalue weighted by atomic mass is 35.5. The number of halogens is 1. The van der Waals surface area contributed by atoms with Crippen LogP contribution in [0.15, 0.2) is 11.0 Å². The quantitative estimate of drug-likeness (QED) is 0.919. The van der Waals surface area contributed by atoms with E-state index in [1.165, 1.54) is 19.3 Å². The van der Waals surface area contributed by atoms with Gasteiger partial charge in [-0.05, 0) is 31.1 Å². The molecular formula is C15H21ClN4O. The number of hydrogen-bond acceptors (Lipinski definition) is 4. The highest BCUT2D eigenvalue weighted by molar-refractivity contribution is 6.33. The first-order valence-corrected chi connectivity index (χ1v) is 8.35. The third-order valence-corrected chi connectivity index (χ3v) is 5.64. The SMILES string of the molecule is O=c1c(N2CC[C@H]3CNC[C@H]32)c(Cl)cnn1CC1CCC1. The second-order valence-electron chi connectivity index (χ2n) is 6.59. The fraction of sp³-hybridized carbons (Fsp3) is 0.733. The Bertz CT molecular complexity index is 598. The lowest BCUT2D eigenvalue weighted by atomic mass is 9.85. The molecule has 3 fully saturated rings. The molecule has 2 atom stereocenters. The number of nitrogens with one attached hydrogen (secondary N) is 1. The third kappa shape index (κ3) is 2.27. The van der Waals surface area contributed by atoms with Crippen molar-refractivity contribution in [2.24, 2.45) is 11.8 Å². The van der Waals surface area contributed by atoms with Crippen molar-refractivity contribution in [3.63, 3.8) is 0 Å². The second-order valence-corrected chi connectivity index (χ2v) is 7.00. The maximum absolute atomic E-state index is 12.8. The predicted molar refractivity (Wildman–Crippen MR) is 83.0 cm³/mol. The van der Waals surface area contributed by atoms with Crippen LogP contribution in [0.1, 0.15) is 25.7 Å². The lowest BCUT2D eigenvalue weighted by Gasteiger charge is -2.28. The molecule has 0 radical (unpaired) electrons. The molecule has 6 heteroatoms. The van der Waals surface area contributed by atoms with Gasteiger partial charge >= 0.3 is 0 Å². The van der Waals surface area contributed by atoms with E-state index in [0.29, 0.717) is 28.6 Å².